The Hall–Kier alpha value is -2.93. The molecule has 3 aromatic rings. The minimum absolute atomic E-state index is 0.0119. The molecule has 0 saturated carbocycles. The molecule has 1 aliphatic heterocycles. The predicted molar refractivity (Wildman–Crippen MR) is 114 cm³/mol. The number of rotatable bonds is 3. The third kappa shape index (κ3) is 4.40. The number of hydrogen-bond acceptors (Lipinski definition) is 4. The summed E-state index contributed by atoms with van der Waals surface area (Å²) in [6.45, 7) is 9.80. The maximum atomic E-state index is 12.4. The summed E-state index contributed by atoms with van der Waals surface area (Å²) in [7, 11) is 0. The fraction of sp³-hybridized carbons (Fsp3) is 0.409. The standard InChI is InChI=1S/C22H28N6O/c1-22(2,3)25-21(29)27-14-12-26(13-15-27)16-19-24-18-10-7-11-23-20(18)28(19)17-8-5-4-6-9-17/h4-11H,12-16H2,1-3H3,(H,25,29). The van der Waals surface area contributed by atoms with E-state index in [0.29, 0.717) is 13.1 Å². The van der Waals surface area contributed by atoms with E-state index in [1.807, 2.05) is 56.0 Å². The Morgan fingerprint density at radius 3 is 2.45 bits per heavy atom. The molecule has 2 amide bonds. The second kappa shape index (κ2) is 7.83. The van der Waals surface area contributed by atoms with Gasteiger partial charge in [0.05, 0.1) is 6.54 Å². The van der Waals surface area contributed by atoms with E-state index in [1.165, 1.54) is 0 Å². The summed E-state index contributed by atoms with van der Waals surface area (Å²) in [5.41, 5.74) is 2.61. The first kappa shape index (κ1) is 19.4. The van der Waals surface area contributed by atoms with E-state index in [2.05, 4.69) is 31.9 Å². The van der Waals surface area contributed by atoms with Gasteiger partial charge in [0, 0.05) is 43.6 Å². The second-order valence-corrected chi connectivity index (χ2v) is 8.49. The van der Waals surface area contributed by atoms with Gasteiger partial charge in [0.25, 0.3) is 0 Å². The number of pyridine rings is 1. The largest absolute Gasteiger partial charge is 0.333 e. The quantitative estimate of drug-likeness (QED) is 0.744. The van der Waals surface area contributed by atoms with Crippen LogP contribution in [0.2, 0.25) is 0 Å². The van der Waals surface area contributed by atoms with Gasteiger partial charge in [0.2, 0.25) is 0 Å². The average molecular weight is 393 g/mol. The molecule has 1 saturated heterocycles. The van der Waals surface area contributed by atoms with Crippen molar-refractivity contribution in [3.8, 4) is 5.69 Å². The van der Waals surface area contributed by atoms with Crippen molar-refractivity contribution in [2.24, 2.45) is 0 Å². The van der Waals surface area contributed by atoms with E-state index in [1.54, 1.807) is 6.20 Å². The average Bonchev–Trinajstić information content (AvgIpc) is 3.05. The van der Waals surface area contributed by atoms with Gasteiger partial charge >= 0.3 is 6.03 Å². The minimum Gasteiger partial charge on any atom is -0.333 e. The predicted octanol–water partition coefficient (Wildman–Crippen LogP) is 3.05. The molecule has 0 radical (unpaired) electrons. The van der Waals surface area contributed by atoms with Gasteiger partial charge in [-0.15, -0.1) is 0 Å². The number of nitrogens with one attached hydrogen (secondary N) is 1. The van der Waals surface area contributed by atoms with Gasteiger partial charge < -0.3 is 10.2 Å². The van der Waals surface area contributed by atoms with Gasteiger partial charge in [-0.05, 0) is 45.0 Å². The minimum atomic E-state index is -0.220. The molecule has 4 rings (SSSR count). The number of aromatic nitrogens is 3. The van der Waals surface area contributed by atoms with Gasteiger partial charge in [-0.1, -0.05) is 18.2 Å². The number of amides is 2. The SMILES string of the molecule is CC(C)(C)NC(=O)N1CCN(Cc2nc3cccnc3n2-c2ccccc2)CC1. The van der Waals surface area contributed by atoms with Crippen LogP contribution in [0.15, 0.2) is 48.7 Å². The summed E-state index contributed by atoms with van der Waals surface area (Å²) < 4.78 is 2.13. The van der Waals surface area contributed by atoms with Crippen LogP contribution in [0.25, 0.3) is 16.9 Å². The monoisotopic (exact) mass is 392 g/mol. The molecule has 2 aromatic heterocycles. The topological polar surface area (TPSA) is 66.3 Å². The van der Waals surface area contributed by atoms with Crippen molar-refractivity contribution in [1.82, 2.24) is 29.7 Å². The third-order valence-corrected chi connectivity index (χ3v) is 5.01. The molecule has 0 aliphatic carbocycles. The van der Waals surface area contributed by atoms with Crippen LogP contribution < -0.4 is 5.32 Å². The van der Waals surface area contributed by atoms with Gasteiger partial charge in [0.15, 0.2) is 5.65 Å². The lowest BCUT2D eigenvalue weighted by atomic mass is 10.1. The first-order valence-corrected chi connectivity index (χ1v) is 10.1. The zero-order chi connectivity index (χ0) is 20.4. The van der Waals surface area contributed by atoms with Gasteiger partial charge in [-0.25, -0.2) is 14.8 Å². The third-order valence-electron chi connectivity index (χ3n) is 5.01. The highest BCUT2D eigenvalue weighted by molar-refractivity contribution is 5.75. The van der Waals surface area contributed by atoms with Gasteiger partial charge in [0.1, 0.15) is 11.3 Å². The normalized spacial score (nSPS) is 15.6. The molecule has 0 unspecified atom stereocenters. The number of urea groups is 1. The van der Waals surface area contributed by atoms with Crippen molar-refractivity contribution in [3.63, 3.8) is 0 Å². The number of carbonyl (C=O) groups is 1. The van der Waals surface area contributed by atoms with Crippen LogP contribution in [0.1, 0.15) is 26.6 Å². The van der Waals surface area contributed by atoms with Crippen LogP contribution in [-0.2, 0) is 6.54 Å². The lowest BCUT2D eigenvalue weighted by Crippen LogP contribution is -2.54. The number of hydrogen-bond donors (Lipinski definition) is 1. The summed E-state index contributed by atoms with van der Waals surface area (Å²) in [4.78, 5) is 26.1. The number of benzene rings is 1. The summed E-state index contributed by atoms with van der Waals surface area (Å²) >= 11 is 0. The number of nitrogens with zero attached hydrogens (tertiary/aromatic N) is 5. The zero-order valence-corrected chi connectivity index (χ0v) is 17.3. The fourth-order valence-electron chi connectivity index (χ4n) is 3.62. The lowest BCUT2D eigenvalue weighted by molar-refractivity contribution is 0.129. The maximum absolute atomic E-state index is 12.4. The number of piperazine rings is 1. The molecule has 3 heterocycles. The molecule has 1 fully saturated rings. The summed E-state index contributed by atoms with van der Waals surface area (Å²) in [6.07, 6.45) is 1.81. The molecule has 1 aromatic carbocycles. The molecule has 7 heteroatoms. The number of fused-ring (bicyclic) bond motifs is 1. The van der Waals surface area contributed by atoms with Crippen LogP contribution in [0.3, 0.4) is 0 Å². The number of para-hydroxylation sites is 1. The Morgan fingerprint density at radius 2 is 1.76 bits per heavy atom. The van der Waals surface area contributed by atoms with Crippen molar-refractivity contribution in [1.29, 1.82) is 0 Å². The molecule has 29 heavy (non-hydrogen) atoms. The first-order chi connectivity index (χ1) is 13.9. The smallest absolute Gasteiger partial charge is 0.317 e. The Morgan fingerprint density at radius 1 is 1.03 bits per heavy atom. The highest BCUT2D eigenvalue weighted by atomic mass is 16.2. The molecule has 7 nitrogen and oxygen atoms in total. The van der Waals surface area contributed by atoms with Crippen molar-refractivity contribution in [2.75, 3.05) is 26.2 Å². The molecular weight excluding hydrogens is 364 g/mol. The van der Waals surface area contributed by atoms with E-state index >= 15 is 0 Å². The van der Waals surface area contributed by atoms with E-state index in [-0.39, 0.29) is 11.6 Å². The first-order valence-electron chi connectivity index (χ1n) is 10.1. The van der Waals surface area contributed by atoms with Crippen LogP contribution in [0.4, 0.5) is 4.79 Å². The fourth-order valence-corrected chi connectivity index (χ4v) is 3.62. The van der Waals surface area contributed by atoms with E-state index in [9.17, 15) is 4.79 Å². The van der Waals surface area contributed by atoms with Crippen molar-refractivity contribution < 1.29 is 4.79 Å². The van der Waals surface area contributed by atoms with Crippen molar-refractivity contribution in [3.05, 3.63) is 54.5 Å². The number of carbonyl (C=O) groups excluding carboxylic acids is 1. The zero-order valence-electron chi connectivity index (χ0n) is 17.3. The summed E-state index contributed by atoms with van der Waals surface area (Å²) in [5, 5.41) is 3.05. The Labute approximate surface area is 171 Å². The molecule has 0 bridgehead atoms. The highest BCUT2D eigenvalue weighted by Crippen LogP contribution is 2.21. The van der Waals surface area contributed by atoms with Crippen molar-refractivity contribution >= 4 is 17.2 Å². The molecule has 0 spiro atoms. The van der Waals surface area contributed by atoms with E-state index < -0.39 is 0 Å². The van der Waals surface area contributed by atoms with Crippen LogP contribution >= 0.6 is 0 Å². The van der Waals surface area contributed by atoms with Crippen LogP contribution in [-0.4, -0.2) is 62.1 Å². The molecule has 0 atom stereocenters. The summed E-state index contributed by atoms with van der Waals surface area (Å²) in [5.74, 6) is 0.970. The second-order valence-electron chi connectivity index (χ2n) is 8.49. The van der Waals surface area contributed by atoms with Gasteiger partial charge in [-0.3, -0.25) is 9.47 Å². The Bertz CT molecular complexity index is 983. The van der Waals surface area contributed by atoms with Gasteiger partial charge in [-0.2, -0.15) is 0 Å². The molecular formula is C22H28N6O. The van der Waals surface area contributed by atoms with Crippen LogP contribution in [0, 0.1) is 0 Å². The maximum Gasteiger partial charge on any atom is 0.317 e. The Balaban J connectivity index is 1.50. The molecule has 152 valence electrons. The lowest BCUT2D eigenvalue weighted by Gasteiger charge is -2.36. The van der Waals surface area contributed by atoms with Crippen LogP contribution in [0.5, 0.6) is 0 Å². The Kier molecular flexibility index (Phi) is 5.24. The van der Waals surface area contributed by atoms with E-state index in [0.717, 1.165) is 42.3 Å². The van der Waals surface area contributed by atoms with E-state index in [4.69, 9.17) is 4.98 Å². The number of imidazole rings is 1. The van der Waals surface area contributed by atoms with Crippen molar-refractivity contribution in [2.45, 2.75) is 32.9 Å². The highest BCUT2D eigenvalue weighted by Gasteiger charge is 2.25. The summed E-state index contributed by atoms with van der Waals surface area (Å²) in [6, 6.07) is 14.2. The molecule has 1 N–H and O–H groups in total. The molecule has 1 aliphatic rings.